The molecule has 1 aromatic carbocycles. The topological polar surface area (TPSA) is 0 Å². The summed E-state index contributed by atoms with van der Waals surface area (Å²) in [4.78, 5) is 0. The van der Waals surface area contributed by atoms with Gasteiger partial charge < -0.3 is 0 Å². The van der Waals surface area contributed by atoms with E-state index in [1.165, 1.54) is 10.8 Å². The van der Waals surface area contributed by atoms with E-state index in [0.29, 0.717) is 0 Å². The van der Waals surface area contributed by atoms with Gasteiger partial charge in [-0.1, -0.05) is 56.6 Å². The Balaban J connectivity index is 2.84. The van der Waals surface area contributed by atoms with Gasteiger partial charge in [0.25, 0.3) is 0 Å². The summed E-state index contributed by atoms with van der Waals surface area (Å²) in [6, 6.07) is 10.5. The van der Waals surface area contributed by atoms with Crippen LogP contribution in [0.3, 0.4) is 0 Å². The van der Waals surface area contributed by atoms with Gasteiger partial charge in [0, 0.05) is 0 Å². The molecule has 0 nitrogen and oxygen atoms in total. The van der Waals surface area contributed by atoms with Crippen molar-refractivity contribution in [2.24, 2.45) is 0 Å². The lowest BCUT2D eigenvalue weighted by atomic mass is 10.1. The number of benzene rings is 1. The van der Waals surface area contributed by atoms with E-state index in [1.807, 2.05) is 0 Å². The van der Waals surface area contributed by atoms with Crippen LogP contribution in [0.4, 0.5) is 0 Å². The summed E-state index contributed by atoms with van der Waals surface area (Å²) >= 11 is 0. The summed E-state index contributed by atoms with van der Waals surface area (Å²) < 4.78 is 0. The zero-order valence-electron chi connectivity index (χ0n) is 9.30. The van der Waals surface area contributed by atoms with E-state index in [2.05, 4.69) is 62.3 Å². The van der Waals surface area contributed by atoms with Gasteiger partial charge in [0.2, 0.25) is 0 Å². The Morgan fingerprint density at radius 3 is 2.21 bits per heavy atom. The standard InChI is InChI=1S/C13H18Si/c1-5-13(14(2,3)4)11-12-9-7-6-8-10-12/h6-10H,1,11H2,2-4H3. The molecule has 0 fully saturated rings. The molecule has 0 amide bonds. The lowest BCUT2D eigenvalue weighted by molar-refractivity contribution is 1.22. The maximum atomic E-state index is 3.80. The predicted octanol–water partition coefficient (Wildman–Crippen LogP) is 3.82. The summed E-state index contributed by atoms with van der Waals surface area (Å²) in [6.45, 7) is 10.8. The Bertz CT molecular complexity index is 337. The Hall–Kier alpha value is -1.04. The van der Waals surface area contributed by atoms with Crippen molar-refractivity contribution in [1.29, 1.82) is 0 Å². The molecule has 0 saturated heterocycles. The minimum atomic E-state index is -1.23. The molecule has 1 heteroatoms. The van der Waals surface area contributed by atoms with Crippen LogP contribution in [0.25, 0.3) is 0 Å². The molecule has 0 heterocycles. The zero-order valence-corrected chi connectivity index (χ0v) is 10.3. The highest BCUT2D eigenvalue weighted by Gasteiger charge is 2.18. The first-order chi connectivity index (χ1) is 6.54. The van der Waals surface area contributed by atoms with Gasteiger partial charge in [-0.2, -0.15) is 0 Å². The van der Waals surface area contributed by atoms with Crippen LogP contribution in [-0.4, -0.2) is 8.07 Å². The van der Waals surface area contributed by atoms with E-state index in [1.54, 1.807) is 0 Å². The molecule has 0 radical (unpaired) electrons. The lowest BCUT2D eigenvalue weighted by Crippen LogP contribution is -2.24. The Morgan fingerprint density at radius 2 is 1.79 bits per heavy atom. The predicted molar refractivity (Wildman–Crippen MR) is 66.1 cm³/mol. The third-order valence-corrected chi connectivity index (χ3v) is 4.51. The quantitative estimate of drug-likeness (QED) is 0.516. The summed E-state index contributed by atoms with van der Waals surface area (Å²) in [6.07, 6.45) is 1.01. The van der Waals surface area contributed by atoms with Crippen molar-refractivity contribution in [2.75, 3.05) is 0 Å². The van der Waals surface area contributed by atoms with Crippen LogP contribution in [0, 0.1) is 0 Å². The Labute approximate surface area is 88.0 Å². The second-order valence-electron chi connectivity index (χ2n) is 4.57. The molecular formula is C13H18Si. The molecule has 1 rings (SSSR count). The smallest absolute Gasteiger partial charge is 0.0827 e. The Kier molecular flexibility index (Phi) is 3.51. The molecular weight excluding hydrogens is 184 g/mol. The van der Waals surface area contributed by atoms with Gasteiger partial charge in [0.1, 0.15) is 0 Å². The van der Waals surface area contributed by atoms with Gasteiger partial charge in [0.15, 0.2) is 0 Å². The second-order valence-corrected chi connectivity index (χ2v) is 9.67. The first-order valence-corrected chi connectivity index (χ1v) is 8.47. The summed E-state index contributed by atoms with van der Waals surface area (Å²) in [5, 5.41) is 1.41. The Morgan fingerprint density at radius 1 is 1.21 bits per heavy atom. The molecule has 14 heavy (non-hydrogen) atoms. The average Bonchev–Trinajstić information content (AvgIpc) is 2.14. The number of rotatable bonds is 3. The number of hydrogen-bond acceptors (Lipinski definition) is 0. The van der Waals surface area contributed by atoms with E-state index in [9.17, 15) is 0 Å². The molecule has 0 aliphatic rings. The molecule has 0 unspecified atom stereocenters. The minimum absolute atomic E-state index is 1.01. The van der Waals surface area contributed by atoms with Crippen molar-refractivity contribution in [3.63, 3.8) is 0 Å². The maximum absolute atomic E-state index is 3.80. The summed E-state index contributed by atoms with van der Waals surface area (Å²) in [7, 11) is -1.23. The molecule has 0 N–H and O–H groups in total. The zero-order chi connectivity index (χ0) is 10.6. The van der Waals surface area contributed by atoms with Gasteiger partial charge in [-0.15, -0.1) is 5.73 Å². The van der Waals surface area contributed by atoms with Crippen LogP contribution in [0.15, 0.2) is 47.8 Å². The normalized spacial score (nSPS) is 10.8. The van der Waals surface area contributed by atoms with Crippen molar-refractivity contribution in [3.05, 3.63) is 53.4 Å². The minimum Gasteiger partial charge on any atom is -0.134 e. The van der Waals surface area contributed by atoms with Crippen molar-refractivity contribution >= 4 is 8.07 Å². The van der Waals surface area contributed by atoms with Crippen LogP contribution >= 0.6 is 0 Å². The monoisotopic (exact) mass is 202 g/mol. The fourth-order valence-corrected chi connectivity index (χ4v) is 2.66. The van der Waals surface area contributed by atoms with Crippen LogP contribution in [-0.2, 0) is 6.42 Å². The first kappa shape index (κ1) is 11.0. The molecule has 0 aliphatic carbocycles. The van der Waals surface area contributed by atoms with Gasteiger partial charge >= 0.3 is 0 Å². The van der Waals surface area contributed by atoms with E-state index in [-0.39, 0.29) is 0 Å². The summed E-state index contributed by atoms with van der Waals surface area (Å²) in [5.41, 5.74) is 4.48. The van der Waals surface area contributed by atoms with Crippen molar-refractivity contribution in [3.8, 4) is 0 Å². The second kappa shape index (κ2) is 4.45. The van der Waals surface area contributed by atoms with Crippen LogP contribution in [0.1, 0.15) is 5.56 Å². The largest absolute Gasteiger partial charge is 0.134 e. The van der Waals surface area contributed by atoms with E-state index in [0.717, 1.165) is 6.42 Å². The van der Waals surface area contributed by atoms with Crippen molar-refractivity contribution in [1.82, 2.24) is 0 Å². The maximum Gasteiger partial charge on any atom is 0.0827 e. The molecule has 0 atom stereocenters. The fourth-order valence-electron chi connectivity index (χ4n) is 1.39. The van der Waals surface area contributed by atoms with E-state index < -0.39 is 8.07 Å². The highest BCUT2D eigenvalue weighted by Crippen LogP contribution is 2.17. The molecule has 0 bridgehead atoms. The number of hydrogen-bond donors (Lipinski definition) is 0. The molecule has 74 valence electrons. The van der Waals surface area contributed by atoms with Crippen molar-refractivity contribution in [2.45, 2.75) is 26.1 Å². The van der Waals surface area contributed by atoms with Crippen LogP contribution < -0.4 is 0 Å². The number of allylic oxidation sites excluding steroid dienone is 1. The van der Waals surface area contributed by atoms with Crippen LogP contribution in [0.2, 0.25) is 19.6 Å². The molecule has 0 saturated carbocycles. The first-order valence-electron chi connectivity index (χ1n) is 4.97. The third kappa shape index (κ3) is 3.02. The van der Waals surface area contributed by atoms with E-state index in [4.69, 9.17) is 0 Å². The van der Waals surface area contributed by atoms with E-state index >= 15 is 0 Å². The fraction of sp³-hybridized carbons (Fsp3) is 0.308. The van der Waals surface area contributed by atoms with Gasteiger partial charge in [-0.25, -0.2) is 0 Å². The third-order valence-electron chi connectivity index (χ3n) is 2.34. The lowest BCUT2D eigenvalue weighted by Gasteiger charge is -2.18. The van der Waals surface area contributed by atoms with Crippen LogP contribution in [0.5, 0.6) is 0 Å². The van der Waals surface area contributed by atoms with Gasteiger partial charge in [-0.05, 0) is 17.2 Å². The molecule has 1 aromatic rings. The molecule has 0 aromatic heterocycles. The summed E-state index contributed by atoms with van der Waals surface area (Å²) in [5.74, 6) is 0. The van der Waals surface area contributed by atoms with Crippen molar-refractivity contribution < 1.29 is 0 Å². The molecule has 0 spiro atoms. The average molecular weight is 202 g/mol. The van der Waals surface area contributed by atoms with Gasteiger partial charge in [-0.3, -0.25) is 0 Å². The highest BCUT2D eigenvalue weighted by atomic mass is 28.3. The highest BCUT2D eigenvalue weighted by molar-refractivity contribution is 6.83. The SMILES string of the molecule is C=C=C(Cc1ccccc1)[Si](C)(C)C. The molecule has 0 aliphatic heterocycles. The van der Waals surface area contributed by atoms with Gasteiger partial charge in [0.05, 0.1) is 8.07 Å².